The second-order valence-corrected chi connectivity index (χ2v) is 12.2. The molecule has 0 nitrogen and oxygen atoms in total. The molecule has 3 atom stereocenters. The van der Waals surface area contributed by atoms with Crippen molar-refractivity contribution < 1.29 is 0 Å². The highest BCUT2D eigenvalue weighted by Gasteiger charge is 2.57. The topological polar surface area (TPSA) is 0 Å². The molecule has 3 rings (SSSR count). The van der Waals surface area contributed by atoms with Gasteiger partial charge < -0.3 is 0 Å². The highest BCUT2D eigenvalue weighted by Crippen LogP contribution is 2.65. The van der Waals surface area contributed by atoms with Crippen LogP contribution in [0.1, 0.15) is 33.1 Å². The van der Waals surface area contributed by atoms with Gasteiger partial charge >= 0.3 is 0 Å². The minimum atomic E-state index is -1.09. The molecule has 16 heavy (non-hydrogen) atoms. The largest absolute Gasteiger partial charge is 0.0800 e. The summed E-state index contributed by atoms with van der Waals surface area (Å²) >= 11 is 0. The third-order valence-corrected chi connectivity index (χ3v) is 10.6. The van der Waals surface area contributed by atoms with Crippen LogP contribution in [0.3, 0.4) is 0 Å². The van der Waals surface area contributed by atoms with Crippen molar-refractivity contribution >= 4 is 8.07 Å². The fraction of sp³-hybridized carbons (Fsp3) is 0.733. The maximum atomic E-state index is 2.64. The molecule has 2 aliphatic carbocycles. The molecule has 1 saturated heterocycles. The number of rotatable bonds is 0. The fourth-order valence-corrected chi connectivity index (χ4v) is 9.81. The summed E-state index contributed by atoms with van der Waals surface area (Å²) in [5.41, 5.74) is 4.17. The molecule has 3 aliphatic rings. The van der Waals surface area contributed by atoms with Gasteiger partial charge in [0.15, 0.2) is 0 Å². The Morgan fingerprint density at radius 3 is 2.75 bits per heavy atom. The van der Waals surface area contributed by atoms with Gasteiger partial charge in [-0.05, 0) is 28.8 Å². The van der Waals surface area contributed by atoms with Gasteiger partial charge in [-0.3, -0.25) is 0 Å². The maximum absolute atomic E-state index is 2.64. The van der Waals surface area contributed by atoms with E-state index in [1.54, 1.807) is 5.57 Å². The van der Waals surface area contributed by atoms with Gasteiger partial charge in [0.25, 0.3) is 0 Å². The summed E-state index contributed by atoms with van der Waals surface area (Å²) in [7, 11) is -1.09. The molecule has 1 saturated carbocycles. The average molecular weight is 232 g/mol. The van der Waals surface area contributed by atoms with Crippen molar-refractivity contribution in [1.82, 2.24) is 0 Å². The van der Waals surface area contributed by atoms with Crippen molar-refractivity contribution in [2.45, 2.75) is 57.3 Å². The standard InChI is InChI=1S/C15H24Si/c1-15(2)11-7-5-9-13(11)16(3,4)14-10-6-8-12(14)15/h5,7,9,12-14H,6,8,10H2,1-4H3. The lowest BCUT2D eigenvalue weighted by molar-refractivity contribution is 0.248. The van der Waals surface area contributed by atoms with Crippen LogP contribution >= 0.6 is 0 Å². The normalized spacial score (nSPS) is 42.8. The van der Waals surface area contributed by atoms with Gasteiger partial charge in [0.2, 0.25) is 0 Å². The zero-order valence-electron chi connectivity index (χ0n) is 11.1. The Balaban J connectivity index is 2.10. The fourth-order valence-electron chi connectivity index (χ4n) is 4.90. The van der Waals surface area contributed by atoms with Crippen molar-refractivity contribution in [2.75, 3.05) is 0 Å². The van der Waals surface area contributed by atoms with Crippen LogP contribution in [0.15, 0.2) is 23.8 Å². The van der Waals surface area contributed by atoms with E-state index < -0.39 is 8.07 Å². The van der Waals surface area contributed by atoms with E-state index in [1.807, 2.05) is 0 Å². The van der Waals surface area contributed by atoms with E-state index in [1.165, 1.54) is 19.3 Å². The molecule has 0 aromatic rings. The van der Waals surface area contributed by atoms with Crippen LogP contribution in [-0.4, -0.2) is 8.07 Å². The Bertz CT molecular complexity index is 373. The van der Waals surface area contributed by atoms with Crippen molar-refractivity contribution in [3.8, 4) is 0 Å². The lowest BCUT2D eigenvalue weighted by Gasteiger charge is -2.53. The van der Waals surface area contributed by atoms with Crippen LogP contribution in [0.2, 0.25) is 24.2 Å². The Morgan fingerprint density at radius 2 is 2.00 bits per heavy atom. The van der Waals surface area contributed by atoms with Crippen LogP contribution in [0.4, 0.5) is 0 Å². The van der Waals surface area contributed by atoms with E-state index in [9.17, 15) is 0 Å². The van der Waals surface area contributed by atoms with E-state index in [0.717, 1.165) is 17.0 Å². The molecule has 0 amide bonds. The van der Waals surface area contributed by atoms with Crippen molar-refractivity contribution in [3.63, 3.8) is 0 Å². The second-order valence-electron chi connectivity index (χ2n) is 7.17. The first-order valence-electron chi connectivity index (χ1n) is 6.84. The Kier molecular flexibility index (Phi) is 2.12. The lowest BCUT2D eigenvalue weighted by Crippen LogP contribution is -2.50. The summed E-state index contributed by atoms with van der Waals surface area (Å²) in [5, 5.41) is 0. The average Bonchev–Trinajstić information content (AvgIpc) is 2.86. The van der Waals surface area contributed by atoms with Gasteiger partial charge in [-0.2, -0.15) is 0 Å². The van der Waals surface area contributed by atoms with Crippen LogP contribution in [0.5, 0.6) is 0 Å². The molecular formula is C15H24Si. The van der Waals surface area contributed by atoms with Crippen molar-refractivity contribution in [2.24, 2.45) is 11.3 Å². The third-order valence-electron chi connectivity index (χ3n) is 5.86. The predicted octanol–water partition coefficient (Wildman–Crippen LogP) is 4.77. The van der Waals surface area contributed by atoms with Crippen molar-refractivity contribution in [3.05, 3.63) is 23.8 Å². The minimum Gasteiger partial charge on any atom is -0.0800 e. The van der Waals surface area contributed by atoms with Crippen molar-refractivity contribution in [1.29, 1.82) is 0 Å². The smallest absolute Gasteiger partial charge is 0.0625 e. The zero-order valence-corrected chi connectivity index (χ0v) is 12.1. The van der Waals surface area contributed by atoms with Gasteiger partial charge in [0, 0.05) is 0 Å². The van der Waals surface area contributed by atoms with Gasteiger partial charge in [-0.1, -0.05) is 63.6 Å². The summed E-state index contributed by atoms with van der Waals surface area (Å²) in [4.78, 5) is 0. The second kappa shape index (κ2) is 3.13. The quantitative estimate of drug-likeness (QED) is 0.528. The first-order chi connectivity index (χ1) is 7.45. The van der Waals surface area contributed by atoms with E-state index in [-0.39, 0.29) is 0 Å². The van der Waals surface area contributed by atoms with E-state index in [0.29, 0.717) is 5.41 Å². The van der Waals surface area contributed by atoms with E-state index in [2.05, 4.69) is 45.2 Å². The lowest BCUT2D eigenvalue weighted by atomic mass is 9.70. The molecule has 2 fully saturated rings. The maximum Gasteiger partial charge on any atom is 0.0625 e. The Hall–Kier alpha value is -0.303. The van der Waals surface area contributed by atoms with Gasteiger partial charge in [0.05, 0.1) is 8.07 Å². The number of hydrogen-bond acceptors (Lipinski definition) is 0. The molecule has 0 aromatic carbocycles. The van der Waals surface area contributed by atoms with Crippen LogP contribution in [-0.2, 0) is 0 Å². The monoisotopic (exact) mass is 232 g/mol. The summed E-state index contributed by atoms with van der Waals surface area (Å²) in [5.74, 6) is 0.983. The van der Waals surface area contributed by atoms with Crippen LogP contribution in [0, 0.1) is 11.3 Å². The molecule has 1 heteroatoms. The summed E-state index contributed by atoms with van der Waals surface area (Å²) < 4.78 is 0. The predicted molar refractivity (Wildman–Crippen MR) is 73.3 cm³/mol. The molecule has 88 valence electrons. The number of fused-ring (bicyclic) bond motifs is 2. The molecular weight excluding hydrogens is 208 g/mol. The van der Waals surface area contributed by atoms with Gasteiger partial charge in [-0.25, -0.2) is 0 Å². The molecule has 3 unspecified atom stereocenters. The van der Waals surface area contributed by atoms with Crippen LogP contribution < -0.4 is 0 Å². The van der Waals surface area contributed by atoms with Gasteiger partial charge in [-0.15, -0.1) is 0 Å². The Morgan fingerprint density at radius 1 is 1.25 bits per heavy atom. The molecule has 0 aromatic heterocycles. The highest BCUT2D eigenvalue weighted by molar-refractivity contribution is 6.81. The molecule has 0 bridgehead atoms. The molecule has 0 spiro atoms. The first kappa shape index (κ1) is 10.8. The van der Waals surface area contributed by atoms with E-state index in [4.69, 9.17) is 0 Å². The third kappa shape index (κ3) is 1.16. The number of allylic oxidation sites excluding steroid dienone is 4. The summed E-state index contributed by atoms with van der Waals surface area (Å²) in [6, 6.07) is 0. The number of hydrogen-bond donors (Lipinski definition) is 0. The van der Waals surface area contributed by atoms with E-state index >= 15 is 0 Å². The molecule has 1 heterocycles. The van der Waals surface area contributed by atoms with Gasteiger partial charge in [0.1, 0.15) is 0 Å². The Labute approximate surface area is 101 Å². The van der Waals surface area contributed by atoms with Crippen LogP contribution in [0.25, 0.3) is 0 Å². The molecule has 1 aliphatic heterocycles. The minimum absolute atomic E-state index is 0.470. The molecule has 0 N–H and O–H groups in total. The summed E-state index contributed by atoms with van der Waals surface area (Å²) in [6.45, 7) is 10.3. The SMILES string of the molecule is CC1(C)C2=CC=CC2[Si](C)(C)C2CCCC21. The highest BCUT2D eigenvalue weighted by atomic mass is 28.3. The first-order valence-corrected chi connectivity index (χ1v) is 10.00. The summed E-state index contributed by atoms with van der Waals surface area (Å²) in [6.07, 6.45) is 11.8. The zero-order chi connectivity index (χ0) is 11.6. The molecule has 0 radical (unpaired) electrons.